The quantitative estimate of drug-likeness (QED) is 0.609. The number of benzene rings is 1. The fourth-order valence-electron chi connectivity index (χ4n) is 4.40. The van der Waals surface area contributed by atoms with Crippen molar-refractivity contribution in [1.82, 2.24) is 14.7 Å². The number of rotatable bonds is 7. The zero-order chi connectivity index (χ0) is 24.9. The minimum absolute atomic E-state index is 0.0464. The average molecular weight is 486 g/mol. The van der Waals surface area contributed by atoms with Crippen LogP contribution in [0.25, 0.3) is 0 Å². The van der Waals surface area contributed by atoms with Gasteiger partial charge in [-0.2, -0.15) is 13.2 Å². The fourth-order valence-corrected chi connectivity index (χ4v) is 4.40. The third-order valence-electron chi connectivity index (χ3n) is 6.11. The number of methoxy groups -OCH3 is 1. The van der Waals surface area contributed by atoms with Crippen LogP contribution in [0.3, 0.4) is 0 Å². The number of amides is 2. The molecule has 2 N–H and O–H groups in total. The second-order valence-corrected chi connectivity index (χ2v) is 8.46. The van der Waals surface area contributed by atoms with Crippen LogP contribution < -0.4 is 5.32 Å². The Morgan fingerprint density at radius 2 is 1.85 bits per heavy atom. The van der Waals surface area contributed by atoms with Gasteiger partial charge in [0.15, 0.2) is 0 Å². The standard InChI is InChI=1S/C22H29F3N4O5/c1-34-21(33)28-8-9-29(17(14-28)13-27-6-2-3-7-27)19(30)10-15-4-5-16(22(23,24)25)11-18(15)26-12-20(31)32/h4-5,11,17,26H,2-3,6-10,12-14H2,1H3,(H,31,32). The predicted molar refractivity (Wildman–Crippen MR) is 116 cm³/mol. The van der Waals surface area contributed by atoms with Crippen LogP contribution in [0.4, 0.5) is 23.7 Å². The third kappa shape index (κ3) is 6.52. The zero-order valence-corrected chi connectivity index (χ0v) is 18.9. The normalized spacial score (nSPS) is 19.2. The van der Waals surface area contributed by atoms with Gasteiger partial charge in [0.1, 0.15) is 6.54 Å². The lowest BCUT2D eigenvalue weighted by Crippen LogP contribution is -2.59. The number of hydrogen-bond acceptors (Lipinski definition) is 6. The summed E-state index contributed by atoms with van der Waals surface area (Å²) in [4.78, 5) is 41.7. The number of anilines is 1. The number of ether oxygens (including phenoxy) is 1. The molecule has 2 amide bonds. The van der Waals surface area contributed by atoms with Crippen LogP contribution in [0.5, 0.6) is 0 Å². The molecule has 1 aromatic carbocycles. The van der Waals surface area contributed by atoms with Crippen LogP contribution in [0.15, 0.2) is 18.2 Å². The minimum atomic E-state index is -4.60. The summed E-state index contributed by atoms with van der Waals surface area (Å²) >= 11 is 0. The highest BCUT2D eigenvalue weighted by molar-refractivity contribution is 5.82. The molecule has 2 aliphatic rings. The van der Waals surface area contributed by atoms with Gasteiger partial charge in [0.2, 0.25) is 5.91 Å². The van der Waals surface area contributed by atoms with Crippen molar-refractivity contribution in [3.05, 3.63) is 29.3 Å². The number of carboxylic acids is 1. The molecule has 2 fully saturated rings. The van der Waals surface area contributed by atoms with Gasteiger partial charge in [-0.1, -0.05) is 6.07 Å². The van der Waals surface area contributed by atoms with Gasteiger partial charge in [-0.3, -0.25) is 9.59 Å². The molecule has 2 saturated heterocycles. The molecule has 1 atom stereocenters. The van der Waals surface area contributed by atoms with Crippen LogP contribution in [-0.2, 0) is 26.9 Å². The van der Waals surface area contributed by atoms with Crippen molar-refractivity contribution >= 4 is 23.7 Å². The summed E-state index contributed by atoms with van der Waals surface area (Å²) in [6.07, 6.45) is -3.15. The van der Waals surface area contributed by atoms with Crippen LogP contribution in [0.1, 0.15) is 24.0 Å². The van der Waals surface area contributed by atoms with Crippen molar-refractivity contribution in [3.8, 4) is 0 Å². The van der Waals surface area contributed by atoms with Gasteiger partial charge in [0.25, 0.3) is 0 Å². The summed E-state index contributed by atoms with van der Waals surface area (Å²) in [6.45, 7) is 2.65. The Bertz CT molecular complexity index is 905. The maximum Gasteiger partial charge on any atom is 0.416 e. The number of alkyl halides is 3. The first-order chi connectivity index (χ1) is 16.1. The highest BCUT2D eigenvalue weighted by Crippen LogP contribution is 2.32. The highest BCUT2D eigenvalue weighted by Gasteiger charge is 2.35. The number of piperazine rings is 1. The van der Waals surface area contributed by atoms with Gasteiger partial charge in [-0.25, -0.2) is 4.79 Å². The van der Waals surface area contributed by atoms with Crippen molar-refractivity contribution in [2.45, 2.75) is 31.5 Å². The lowest BCUT2D eigenvalue weighted by atomic mass is 10.0. The predicted octanol–water partition coefficient (Wildman–Crippen LogP) is 2.12. The van der Waals surface area contributed by atoms with Crippen molar-refractivity contribution in [2.24, 2.45) is 0 Å². The molecule has 1 unspecified atom stereocenters. The highest BCUT2D eigenvalue weighted by atomic mass is 19.4. The number of carbonyl (C=O) groups excluding carboxylic acids is 2. The number of carbonyl (C=O) groups is 3. The smallest absolute Gasteiger partial charge is 0.416 e. The molecule has 0 saturated carbocycles. The summed E-state index contributed by atoms with van der Waals surface area (Å²) in [5, 5.41) is 11.4. The Morgan fingerprint density at radius 1 is 1.15 bits per heavy atom. The first-order valence-electron chi connectivity index (χ1n) is 11.1. The maximum atomic E-state index is 13.3. The van der Waals surface area contributed by atoms with Gasteiger partial charge >= 0.3 is 18.2 Å². The average Bonchev–Trinajstić information content (AvgIpc) is 3.30. The molecule has 188 valence electrons. The molecule has 0 radical (unpaired) electrons. The Labute approximate surface area is 195 Å². The summed E-state index contributed by atoms with van der Waals surface area (Å²) in [5.41, 5.74) is -0.709. The summed E-state index contributed by atoms with van der Waals surface area (Å²) in [6, 6.07) is 2.61. The number of likely N-dealkylation sites (tertiary alicyclic amines) is 1. The van der Waals surface area contributed by atoms with Crippen LogP contribution in [-0.4, -0.2) is 96.7 Å². The first kappa shape index (κ1) is 25.6. The van der Waals surface area contributed by atoms with Crippen LogP contribution >= 0.6 is 0 Å². The van der Waals surface area contributed by atoms with E-state index in [1.165, 1.54) is 13.2 Å². The molecular weight excluding hydrogens is 457 g/mol. The maximum absolute atomic E-state index is 13.3. The zero-order valence-electron chi connectivity index (χ0n) is 18.9. The van der Waals surface area contributed by atoms with E-state index in [2.05, 4.69) is 10.2 Å². The van der Waals surface area contributed by atoms with Gasteiger partial charge in [-0.05, 0) is 43.6 Å². The Kier molecular flexibility index (Phi) is 8.24. The molecule has 2 heterocycles. The molecular formula is C22H29F3N4O5. The molecule has 9 nitrogen and oxygen atoms in total. The molecule has 0 spiro atoms. The number of carboxylic acid groups (broad SMARTS) is 1. The number of nitrogens with zero attached hydrogens (tertiary/aromatic N) is 3. The Morgan fingerprint density at radius 3 is 2.47 bits per heavy atom. The van der Waals surface area contributed by atoms with E-state index in [4.69, 9.17) is 9.84 Å². The van der Waals surface area contributed by atoms with E-state index in [0.717, 1.165) is 38.1 Å². The van der Waals surface area contributed by atoms with Gasteiger partial charge in [0, 0.05) is 31.9 Å². The monoisotopic (exact) mass is 486 g/mol. The van der Waals surface area contributed by atoms with Crippen molar-refractivity contribution in [3.63, 3.8) is 0 Å². The lowest BCUT2D eigenvalue weighted by molar-refractivity contribution is -0.137. The van der Waals surface area contributed by atoms with E-state index in [9.17, 15) is 27.6 Å². The minimum Gasteiger partial charge on any atom is -0.480 e. The Balaban J connectivity index is 1.79. The molecule has 0 aliphatic carbocycles. The number of hydrogen-bond donors (Lipinski definition) is 2. The number of nitrogens with one attached hydrogen (secondary N) is 1. The molecule has 2 aliphatic heterocycles. The topological polar surface area (TPSA) is 102 Å². The molecule has 0 bridgehead atoms. The van der Waals surface area contributed by atoms with E-state index in [0.29, 0.717) is 13.1 Å². The lowest BCUT2D eigenvalue weighted by Gasteiger charge is -2.42. The van der Waals surface area contributed by atoms with Crippen molar-refractivity contribution in [2.75, 3.05) is 58.2 Å². The van der Waals surface area contributed by atoms with E-state index < -0.39 is 30.3 Å². The molecule has 1 aromatic rings. The van der Waals surface area contributed by atoms with Crippen molar-refractivity contribution < 1.29 is 37.4 Å². The Hall–Kier alpha value is -3.02. The number of halogens is 3. The van der Waals surface area contributed by atoms with E-state index in [-0.39, 0.29) is 42.7 Å². The van der Waals surface area contributed by atoms with Gasteiger partial charge < -0.3 is 29.9 Å². The first-order valence-corrected chi connectivity index (χ1v) is 11.1. The second kappa shape index (κ2) is 10.9. The summed E-state index contributed by atoms with van der Waals surface area (Å²) < 4.78 is 44.3. The largest absolute Gasteiger partial charge is 0.480 e. The van der Waals surface area contributed by atoms with E-state index in [1.54, 1.807) is 9.80 Å². The van der Waals surface area contributed by atoms with Crippen LogP contribution in [0.2, 0.25) is 0 Å². The van der Waals surface area contributed by atoms with Gasteiger partial charge in [-0.15, -0.1) is 0 Å². The second-order valence-electron chi connectivity index (χ2n) is 8.46. The molecule has 12 heteroatoms. The van der Waals surface area contributed by atoms with Gasteiger partial charge in [0.05, 0.1) is 25.1 Å². The third-order valence-corrected chi connectivity index (χ3v) is 6.11. The molecule has 3 rings (SSSR count). The molecule has 34 heavy (non-hydrogen) atoms. The SMILES string of the molecule is COC(=O)N1CCN(C(=O)Cc2ccc(C(F)(F)F)cc2NCC(=O)O)C(CN2CCCC2)C1. The van der Waals surface area contributed by atoms with E-state index >= 15 is 0 Å². The van der Waals surface area contributed by atoms with Crippen LogP contribution in [0, 0.1) is 0 Å². The van der Waals surface area contributed by atoms with Crippen molar-refractivity contribution in [1.29, 1.82) is 0 Å². The van der Waals surface area contributed by atoms with E-state index in [1.807, 2.05) is 0 Å². The molecule has 0 aromatic heterocycles. The fraction of sp³-hybridized carbons (Fsp3) is 0.591. The summed E-state index contributed by atoms with van der Waals surface area (Å²) in [7, 11) is 1.30. The summed E-state index contributed by atoms with van der Waals surface area (Å²) in [5.74, 6) is -1.54. The number of aliphatic carboxylic acids is 1.